The summed E-state index contributed by atoms with van der Waals surface area (Å²) in [5, 5.41) is 6.31. The molecule has 0 fully saturated rings. The van der Waals surface area contributed by atoms with Crippen LogP contribution in [0.4, 0.5) is 11.4 Å². The molecule has 0 atom stereocenters. The fourth-order valence-corrected chi connectivity index (χ4v) is 6.91. The molecule has 0 saturated carbocycles. The molecule has 7 rings (SSSR count). The molecule has 0 unspecified atom stereocenters. The minimum Gasteiger partial charge on any atom is -0.356 e. The van der Waals surface area contributed by atoms with Crippen molar-refractivity contribution in [2.45, 2.75) is 19.3 Å². The van der Waals surface area contributed by atoms with Crippen LogP contribution in [-0.4, -0.2) is 0 Å². The van der Waals surface area contributed by atoms with Crippen LogP contribution in [0.15, 0.2) is 109 Å². The molecule has 0 amide bonds. The second-order valence-electron chi connectivity index (χ2n) is 9.91. The van der Waals surface area contributed by atoms with Crippen molar-refractivity contribution in [2.75, 3.05) is 5.32 Å². The van der Waals surface area contributed by atoms with Crippen molar-refractivity contribution >= 4 is 42.9 Å². The van der Waals surface area contributed by atoms with Gasteiger partial charge in [-0.3, -0.25) is 0 Å². The van der Waals surface area contributed by atoms with Crippen molar-refractivity contribution in [3.05, 3.63) is 120 Å². The van der Waals surface area contributed by atoms with Crippen LogP contribution in [0.1, 0.15) is 25.0 Å². The lowest BCUT2D eigenvalue weighted by Gasteiger charge is -2.21. The van der Waals surface area contributed by atoms with Gasteiger partial charge in [0.2, 0.25) is 0 Å². The van der Waals surface area contributed by atoms with Crippen LogP contribution >= 0.6 is 11.3 Å². The van der Waals surface area contributed by atoms with Crippen molar-refractivity contribution in [1.82, 2.24) is 0 Å². The monoisotopic (exact) mass is 467 g/mol. The number of benzene rings is 5. The summed E-state index contributed by atoms with van der Waals surface area (Å²) in [5.74, 6) is 0. The fourth-order valence-electron chi connectivity index (χ4n) is 5.67. The Morgan fingerprint density at radius 1 is 0.571 bits per heavy atom. The van der Waals surface area contributed by atoms with Gasteiger partial charge in [-0.25, -0.2) is 0 Å². The molecule has 0 radical (unpaired) electrons. The highest BCUT2D eigenvalue weighted by atomic mass is 32.1. The number of fused-ring (bicyclic) bond motifs is 6. The summed E-state index contributed by atoms with van der Waals surface area (Å²) >= 11 is 1.88. The highest BCUT2D eigenvalue weighted by Gasteiger charge is 2.34. The molecule has 1 aliphatic carbocycles. The van der Waals surface area contributed by atoms with Gasteiger partial charge in [-0.2, -0.15) is 0 Å². The minimum absolute atomic E-state index is 0.0414. The van der Waals surface area contributed by atoms with Crippen LogP contribution in [0, 0.1) is 0 Å². The smallest absolute Gasteiger partial charge is 0.0433 e. The number of rotatable bonds is 3. The van der Waals surface area contributed by atoms with Gasteiger partial charge in [0.1, 0.15) is 0 Å². The molecule has 1 aromatic heterocycles. The van der Waals surface area contributed by atoms with Gasteiger partial charge in [-0.15, -0.1) is 11.3 Å². The number of hydrogen-bond donors (Lipinski definition) is 1. The topological polar surface area (TPSA) is 12.0 Å². The van der Waals surface area contributed by atoms with Crippen LogP contribution < -0.4 is 5.32 Å². The average molecular weight is 468 g/mol. The maximum Gasteiger partial charge on any atom is 0.0433 e. The third-order valence-electron chi connectivity index (χ3n) is 7.47. The standard InChI is InChI=1S/C33H25NS/c1-33(2)29-12-5-3-8-25(29)28-20-23(18-19-30(28)33)34-22-16-14-21(15-17-22)24-10-7-11-27-26-9-4-6-13-31(26)35-32(24)27/h3-20,34H,1-2H3. The van der Waals surface area contributed by atoms with Gasteiger partial charge in [0.05, 0.1) is 0 Å². The molecule has 1 aliphatic rings. The molecular formula is C33H25NS. The summed E-state index contributed by atoms with van der Waals surface area (Å²) in [6, 6.07) is 39.8. The summed E-state index contributed by atoms with van der Waals surface area (Å²) < 4.78 is 2.70. The first-order chi connectivity index (χ1) is 17.1. The normalized spacial score (nSPS) is 13.7. The van der Waals surface area contributed by atoms with Gasteiger partial charge in [-0.1, -0.05) is 92.7 Å². The van der Waals surface area contributed by atoms with E-state index in [0.29, 0.717) is 0 Å². The Kier molecular flexibility index (Phi) is 4.43. The second kappa shape index (κ2) is 7.56. The third kappa shape index (κ3) is 3.14. The molecule has 6 aromatic rings. The van der Waals surface area contributed by atoms with E-state index >= 15 is 0 Å². The van der Waals surface area contributed by atoms with E-state index in [9.17, 15) is 0 Å². The minimum atomic E-state index is 0.0414. The highest BCUT2D eigenvalue weighted by molar-refractivity contribution is 7.26. The average Bonchev–Trinajstić information content (AvgIpc) is 3.38. The van der Waals surface area contributed by atoms with Gasteiger partial charge in [0, 0.05) is 37.0 Å². The molecule has 1 nitrogen and oxygen atoms in total. The van der Waals surface area contributed by atoms with E-state index in [4.69, 9.17) is 0 Å². The molecule has 1 heterocycles. The SMILES string of the molecule is CC1(C)c2ccccc2-c2cc(Nc3ccc(-c4cccc5c4sc4ccccc45)cc3)ccc21. The predicted octanol–water partition coefficient (Wildman–Crippen LogP) is 9.77. The van der Waals surface area contributed by atoms with Gasteiger partial charge in [0.25, 0.3) is 0 Å². The Morgan fingerprint density at radius 2 is 1.26 bits per heavy atom. The van der Waals surface area contributed by atoms with Crippen molar-refractivity contribution in [1.29, 1.82) is 0 Å². The zero-order valence-corrected chi connectivity index (χ0v) is 20.6. The van der Waals surface area contributed by atoms with E-state index in [-0.39, 0.29) is 5.41 Å². The molecule has 5 aromatic carbocycles. The van der Waals surface area contributed by atoms with Crippen molar-refractivity contribution < 1.29 is 0 Å². The third-order valence-corrected chi connectivity index (χ3v) is 8.69. The largest absolute Gasteiger partial charge is 0.356 e. The van der Waals surface area contributed by atoms with Crippen molar-refractivity contribution in [2.24, 2.45) is 0 Å². The summed E-state index contributed by atoms with van der Waals surface area (Å²) in [7, 11) is 0. The number of nitrogens with one attached hydrogen (secondary N) is 1. The maximum atomic E-state index is 3.63. The van der Waals surface area contributed by atoms with Crippen molar-refractivity contribution in [3.8, 4) is 22.3 Å². The fraction of sp³-hybridized carbons (Fsp3) is 0.0909. The van der Waals surface area contributed by atoms with Gasteiger partial charge in [0.15, 0.2) is 0 Å². The lowest BCUT2D eigenvalue weighted by Crippen LogP contribution is -2.14. The Morgan fingerprint density at radius 3 is 2.14 bits per heavy atom. The second-order valence-corrected chi connectivity index (χ2v) is 11.0. The summed E-state index contributed by atoms with van der Waals surface area (Å²) in [6.07, 6.45) is 0. The first-order valence-electron chi connectivity index (χ1n) is 12.1. The van der Waals surface area contributed by atoms with E-state index in [1.54, 1.807) is 0 Å². The highest BCUT2D eigenvalue weighted by Crippen LogP contribution is 2.49. The number of hydrogen-bond acceptors (Lipinski definition) is 2. The molecular weight excluding hydrogens is 442 g/mol. The van der Waals surface area contributed by atoms with Crippen LogP contribution in [0.25, 0.3) is 42.4 Å². The summed E-state index contributed by atoms with van der Waals surface area (Å²) in [6.45, 7) is 4.64. The molecule has 1 N–H and O–H groups in total. The lowest BCUT2D eigenvalue weighted by molar-refractivity contribution is 0.660. The van der Waals surface area contributed by atoms with Crippen LogP contribution in [0.5, 0.6) is 0 Å². The number of thiophene rings is 1. The van der Waals surface area contributed by atoms with Crippen LogP contribution in [0.3, 0.4) is 0 Å². The molecule has 168 valence electrons. The Labute approximate surface area is 209 Å². The van der Waals surface area contributed by atoms with Gasteiger partial charge in [-0.05, 0) is 63.7 Å². The van der Waals surface area contributed by atoms with Gasteiger partial charge >= 0.3 is 0 Å². The molecule has 0 aliphatic heterocycles. The first kappa shape index (κ1) is 20.5. The zero-order valence-electron chi connectivity index (χ0n) is 19.8. The molecule has 35 heavy (non-hydrogen) atoms. The van der Waals surface area contributed by atoms with E-state index in [2.05, 4.69) is 128 Å². The molecule has 0 saturated heterocycles. The van der Waals surface area contributed by atoms with Crippen LogP contribution in [-0.2, 0) is 5.41 Å². The van der Waals surface area contributed by atoms with E-state index in [1.165, 1.54) is 53.6 Å². The van der Waals surface area contributed by atoms with Crippen molar-refractivity contribution in [3.63, 3.8) is 0 Å². The van der Waals surface area contributed by atoms with E-state index in [1.807, 2.05) is 11.3 Å². The Hall–Kier alpha value is -3.88. The van der Waals surface area contributed by atoms with Gasteiger partial charge < -0.3 is 5.32 Å². The lowest BCUT2D eigenvalue weighted by atomic mass is 9.82. The Bertz CT molecular complexity index is 1740. The number of anilines is 2. The zero-order chi connectivity index (χ0) is 23.6. The summed E-state index contributed by atoms with van der Waals surface area (Å²) in [4.78, 5) is 0. The molecule has 0 spiro atoms. The predicted molar refractivity (Wildman–Crippen MR) is 152 cm³/mol. The Balaban J connectivity index is 1.22. The molecule has 0 bridgehead atoms. The molecule has 2 heteroatoms. The maximum absolute atomic E-state index is 3.63. The van der Waals surface area contributed by atoms with Crippen LogP contribution in [0.2, 0.25) is 0 Å². The summed E-state index contributed by atoms with van der Waals surface area (Å²) in [5.41, 5.74) is 10.3. The van der Waals surface area contributed by atoms with E-state index in [0.717, 1.165) is 11.4 Å². The van der Waals surface area contributed by atoms with E-state index < -0.39 is 0 Å². The quantitative estimate of drug-likeness (QED) is 0.273. The first-order valence-corrected chi connectivity index (χ1v) is 12.9.